The molecule has 1 aromatic heterocycles. The minimum atomic E-state index is -0.498. The first-order chi connectivity index (χ1) is 8.61. The van der Waals surface area contributed by atoms with Crippen molar-refractivity contribution in [1.29, 1.82) is 0 Å². The molecule has 0 spiro atoms. The van der Waals surface area contributed by atoms with E-state index in [2.05, 4.69) is 10.1 Å². The molecular formula is C10H10N4O3S. The molecule has 0 aliphatic rings. The van der Waals surface area contributed by atoms with Crippen molar-refractivity contribution in [2.45, 2.75) is 5.75 Å². The number of nitro groups is 1. The van der Waals surface area contributed by atoms with Gasteiger partial charge in [0.2, 0.25) is 0 Å². The molecule has 18 heavy (non-hydrogen) atoms. The van der Waals surface area contributed by atoms with Gasteiger partial charge in [0.1, 0.15) is 0 Å². The molecule has 7 nitrogen and oxygen atoms in total. The molecule has 0 aliphatic carbocycles. The maximum absolute atomic E-state index is 10.7. The summed E-state index contributed by atoms with van der Waals surface area (Å²) in [5.74, 6) is 1.34. The van der Waals surface area contributed by atoms with E-state index < -0.39 is 4.92 Å². The van der Waals surface area contributed by atoms with Crippen LogP contribution in [0.2, 0.25) is 0 Å². The van der Waals surface area contributed by atoms with Crippen molar-refractivity contribution in [3.63, 3.8) is 0 Å². The molecule has 0 aliphatic heterocycles. The summed E-state index contributed by atoms with van der Waals surface area (Å²) in [6.45, 7) is 0. The van der Waals surface area contributed by atoms with Crippen LogP contribution in [0.4, 0.5) is 11.4 Å². The Balaban J connectivity index is 2.41. The number of thioether (sulfide) groups is 1. The average Bonchev–Trinajstić information content (AvgIpc) is 2.78. The third-order valence-corrected chi connectivity index (χ3v) is 2.77. The second-order valence-corrected chi connectivity index (χ2v) is 4.34. The normalized spacial score (nSPS) is 10.5. The Hall–Kier alpha value is -2.09. The van der Waals surface area contributed by atoms with Gasteiger partial charge in [-0.3, -0.25) is 10.1 Å². The van der Waals surface area contributed by atoms with E-state index in [9.17, 15) is 10.1 Å². The minimum absolute atomic E-state index is 0.0659. The van der Waals surface area contributed by atoms with Gasteiger partial charge in [0.25, 0.3) is 11.6 Å². The van der Waals surface area contributed by atoms with Gasteiger partial charge in [0.05, 0.1) is 16.2 Å². The number of nitrogen functional groups attached to an aromatic ring is 1. The molecule has 2 aromatic rings. The average molecular weight is 266 g/mol. The maximum Gasteiger partial charge on any atom is 0.270 e. The lowest BCUT2D eigenvalue weighted by Crippen LogP contribution is -1.94. The van der Waals surface area contributed by atoms with Crippen molar-refractivity contribution in [3.05, 3.63) is 34.1 Å². The fourth-order valence-corrected chi connectivity index (χ4v) is 1.77. The summed E-state index contributed by atoms with van der Waals surface area (Å²) in [4.78, 5) is 14.3. The van der Waals surface area contributed by atoms with Crippen LogP contribution >= 0.6 is 11.8 Å². The number of anilines is 1. The van der Waals surface area contributed by atoms with Gasteiger partial charge in [-0.05, 0) is 12.3 Å². The van der Waals surface area contributed by atoms with Crippen molar-refractivity contribution in [2.75, 3.05) is 12.0 Å². The topological polar surface area (TPSA) is 108 Å². The first-order valence-electron chi connectivity index (χ1n) is 4.97. The number of non-ortho nitro benzene ring substituents is 1. The van der Waals surface area contributed by atoms with E-state index in [0.717, 1.165) is 0 Å². The molecule has 0 saturated carbocycles. The van der Waals surface area contributed by atoms with Crippen LogP contribution in [0.25, 0.3) is 11.5 Å². The Labute approximate surface area is 107 Å². The summed E-state index contributed by atoms with van der Waals surface area (Å²) < 4.78 is 5.04. The maximum atomic E-state index is 10.7. The number of hydrogen-bond donors (Lipinski definition) is 1. The van der Waals surface area contributed by atoms with Gasteiger partial charge in [-0.15, -0.1) is 0 Å². The van der Waals surface area contributed by atoms with Crippen molar-refractivity contribution in [2.24, 2.45) is 0 Å². The van der Waals surface area contributed by atoms with E-state index in [1.807, 2.05) is 6.26 Å². The standard InChI is InChI=1S/C10H10N4O3S/c1-18-5-9-12-10(17-13-9)7-4-6(14(15)16)2-3-8(7)11/h2-4H,5,11H2,1H3. The third kappa shape index (κ3) is 2.43. The second-order valence-electron chi connectivity index (χ2n) is 3.48. The summed E-state index contributed by atoms with van der Waals surface area (Å²) in [6, 6.07) is 4.11. The first-order valence-corrected chi connectivity index (χ1v) is 6.37. The van der Waals surface area contributed by atoms with Crippen LogP contribution in [0.15, 0.2) is 22.7 Å². The van der Waals surface area contributed by atoms with Gasteiger partial charge in [-0.25, -0.2) is 0 Å². The van der Waals surface area contributed by atoms with Crippen molar-refractivity contribution in [3.8, 4) is 11.5 Å². The van der Waals surface area contributed by atoms with Crippen LogP contribution < -0.4 is 5.73 Å². The Bertz CT molecular complexity index is 584. The number of benzene rings is 1. The summed E-state index contributed by atoms with van der Waals surface area (Å²) in [7, 11) is 0. The van der Waals surface area contributed by atoms with Crippen molar-refractivity contribution < 1.29 is 9.45 Å². The molecule has 0 amide bonds. The van der Waals surface area contributed by atoms with Crippen LogP contribution in [0, 0.1) is 10.1 Å². The zero-order valence-electron chi connectivity index (χ0n) is 9.49. The molecular weight excluding hydrogens is 256 g/mol. The lowest BCUT2D eigenvalue weighted by Gasteiger charge is -1.99. The van der Waals surface area contributed by atoms with Gasteiger partial charge in [-0.1, -0.05) is 5.16 Å². The largest absolute Gasteiger partial charge is 0.398 e. The molecule has 94 valence electrons. The fraction of sp³-hybridized carbons (Fsp3) is 0.200. The predicted octanol–water partition coefficient (Wildman–Crippen LogP) is 2.09. The van der Waals surface area contributed by atoms with Gasteiger partial charge < -0.3 is 10.3 Å². The molecule has 2 rings (SSSR count). The first kappa shape index (κ1) is 12.4. The Morgan fingerprint density at radius 2 is 2.33 bits per heavy atom. The molecule has 1 aromatic carbocycles. The van der Waals surface area contributed by atoms with Crippen LogP contribution in [-0.4, -0.2) is 21.3 Å². The van der Waals surface area contributed by atoms with E-state index in [0.29, 0.717) is 22.8 Å². The molecule has 0 bridgehead atoms. The quantitative estimate of drug-likeness (QED) is 0.512. The fourth-order valence-electron chi connectivity index (χ4n) is 1.39. The highest BCUT2D eigenvalue weighted by atomic mass is 32.2. The molecule has 2 N–H and O–H groups in total. The molecule has 8 heteroatoms. The lowest BCUT2D eigenvalue weighted by atomic mass is 10.1. The Morgan fingerprint density at radius 1 is 1.56 bits per heavy atom. The molecule has 0 radical (unpaired) electrons. The second kappa shape index (κ2) is 5.05. The summed E-state index contributed by atoms with van der Waals surface area (Å²) in [6.07, 6.45) is 1.91. The predicted molar refractivity (Wildman–Crippen MR) is 68.0 cm³/mol. The van der Waals surface area contributed by atoms with E-state index >= 15 is 0 Å². The van der Waals surface area contributed by atoms with E-state index in [4.69, 9.17) is 10.3 Å². The molecule has 0 atom stereocenters. The van der Waals surface area contributed by atoms with Gasteiger partial charge >= 0.3 is 0 Å². The van der Waals surface area contributed by atoms with Crippen LogP contribution in [-0.2, 0) is 5.75 Å². The Morgan fingerprint density at radius 3 is 3.00 bits per heavy atom. The number of aromatic nitrogens is 2. The minimum Gasteiger partial charge on any atom is -0.398 e. The van der Waals surface area contributed by atoms with Gasteiger partial charge in [0.15, 0.2) is 5.82 Å². The van der Waals surface area contributed by atoms with Gasteiger partial charge in [0, 0.05) is 17.8 Å². The summed E-state index contributed by atoms with van der Waals surface area (Å²) in [5.41, 5.74) is 6.42. The van der Waals surface area contributed by atoms with Crippen LogP contribution in [0.1, 0.15) is 5.82 Å². The summed E-state index contributed by atoms with van der Waals surface area (Å²) >= 11 is 1.55. The molecule has 0 fully saturated rings. The highest BCUT2D eigenvalue weighted by Crippen LogP contribution is 2.28. The van der Waals surface area contributed by atoms with E-state index in [1.165, 1.54) is 18.2 Å². The monoisotopic (exact) mass is 266 g/mol. The van der Waals surface area contributed by atoms with E-state index in [-0.39, 0.29) is 11.6 Å². The molecule has 0 unspecified atom stereocenters. The lowest BCUT2D eigenvalue weighted by molar-refractivity contribution is -0.384. The zero-order valence-corrected chi connectivity index (χ0v) is 10.3. The zero-order chi connectivity index (χ0) is 13.1. The number of rotatable bonds is 4. The number of hydrogen-bond acceptors (Lipinski definition) is 7. The smallest absolute Gasteiger partial charge is 0.270 e. The van der Waals surface area contributed by atoms with Crippen LogP contribution in [0.5, 0.6) is 0 Å². The van der Waals surface area contributed by atoms with E-state index in [1.54, 1.807) is 11.8 Å². The highest BCUT2D eigenvalue weighted by Gasteiger charge is 2.16. The van der Waals surface area contributed by atoms with Crippen molar-refractivity contribution in [1.82, 2.24) is 10.1 Å². The number of nitro benzene ring substituents is 1. The van der Waals surface area contributed by atoms with Crippen LogP contribution in [0.3, 0.4) is 0 Å². The number of nitrogens with two attached hydrogens (primary N) is 1. The molecule has 0 saturated heterocycles. The van der Waals surface area contributed by atoms with Gasteiger partial charge in [-0.2, -0.15) is 16.7 Å². The Kier molecular flexibility index (Phi) is 3.47. The SMILES string of the molecule is CSCc1noc(-c2cc([N+](=O)[O-])ccc2N)n1. The third-order valence-electron chi connectivity index (χ3n) is 2.22. The molecule has 1 heterocycles. The van der Waals surface area contributed by atoms with Crippen molar-refractivity contribution >= 4 is 23.1 Å². The number of nitrogens with zero attached hydrogens (tertiary/aromatic N) is 3. The highest BCUT2D eigenvalue weighted by molar-refractivity contribution is 7.97. The summed E-state index contributed by atoms with van der Waals surface area (Å²) in [5, 5.41) is 14.5.